The summed E-state index contributed by atoms with van der Waals surface area (Å²) in [5.41, 5.74) is 0. The molecule has 0 atom stereocenters. The van der Waals surface area contributed by atoms with Gasteiger partial charge in [0, 0.05) is 19.2 Å². The van der Waals surface area contributed by atoms with Crippen LogP contribution in [0.1, 0.15) is 37.2 Å². The number of aryl methyl sites for hydroxylation is 1. The zero-order valence-corrected chi connectivity index (χ0v) is 12.2. The van der Waals surface area contributed by atoms with E-state index in [2.05, 4.69) is 0 Å². The molecule has 0 N–H and O–H groups in total. The Morgan fingerprint density at radius 2 is 2.06 bits per heavy atom. The minimum atomic E-state index is -3.46. The molecule has 6 heteroatoms. The Bertz CT molecular complexity index is 517. The van der Waals surface area contributed by atoms with E-state index in [0.717, 1.165) is 25.7 Å². The Labute approximate surface area is 113 Å². The summed E-state index contributed by atoms with van der Waals surface area (Å²) in [6.07, 6.45) is 4.08. The Morgan fingerprint density at radius 1 is 1.44 bits per heavy atom. The molecule has 0 aromatic carbocycles. The van der Waals surface area contributed by atoms with Crippen LogP contribution in [-0.4, -0.2) is 25.8 Å². The molecule has 1 aromatic rings. The second-order valence-electron chi connectivity index (χ2n) is 4.73. The van der Waals surface area contributed by atoms with Crippen LogP contribution in [0.2, 0.25) is 0 Å². The quantitative estimate of drug-likeness (QED) is 0.802. The lowest BCUT2D eigenvalue weighted by Crippen LogP contribution is -2.35. The summed E-state index contributed by atoms with van der Waals surface area (Å²) in [6.45, 7) is 1.66. The second kappa shape index (κ2) is 5.23. The number of alkyl halides is 1. The standard InChI is InChI=1S/C12H18ClNO3S/c1-9-12(7-11(8-13)17-9)18(15,16)14(2)10-5-3-4-6-10/h7,10H,3-6,8H2,1-2H3. The first kappa shape index (κ1) is 13.9. The number of sulfonamides is 1. The predicted octanol–water partition coefficient (Wildman–Crippen LogP) is 2.89. The van der Waals surface area contributed by atoms with Crippen molar-refractivity contribution in [2.45, 2.75) is 49.4 Å². The van der Waals surface area contributed by atoms with Crippen LogP contribution in [0.5, 0.6) is 0 Å². The lowest BCUT2D eigenvalue weighted by molar-refractivity contribution is 0.372. The fourth-order valence-corrected chi connectivity index (χ4v) is 4.20. The molecule has 4 nitrogen and oxygen atoms in total. The number of nitrogens with zero attached hydrogens (tertiary/aromatic N) is 1. The van der Waals surface area contributed by atoms with Crippen molar-refractivity contribution in [3.05, 3.63) is 17.6 Å². The van der Waals surface area contributed by atoms with Crippen LogP contribution >= 0.6 is 11.6 Å². The van der Waals surface area contributed by atoms with Gasteiger partial charge in [-0.1, -0.05) is 12.8 Å². The van der Waals surface area contributed by atoms with Crippen molar-refractivity contribution in [1.29, 1.82) is 0 Å². The van der Waals surface area contributed by atoms with E-state index in [1.165, 1.54) is 10.4 Å². The lowest BCUT2D eigenvalue weighted by atomic mass is 10.3. The van der Waals surface area contributed by atoms with Crippen molar-refractivity contribution >= 4 is 21.6 Å². The Hall–Kier alpha value is -0.520. The van der Waals surface area contributed by atoms with Crippen LogP contribution in [0.25, 0.3) is 0 Å². The first-order chi connectivity index (χ1) is 8.46. The van der Waals surface area contributed by atoms with Gasteiger partial charge in [0.15, 0.2) is 0 Å². The van der Waals surface area contributed by atoms with Gasteiger partial charge in [-0.3, -0.25) is 0 Å². The van der Waals surface area contributed by atoms with E-state index in [-0.39, 0.29) is 16.8 Å². The van der Waals surface area contributed by atoms with Crippen LogP contribution in [-0.2, 0) is 15.9 Å². The van der Waals surface area contributed by atoms with E-state index in [1.54, 1.807) is 14.0 Å². The normalized spacial score (nSPS) is 17.8. The molecule has 2 rings (SSSR count). The van der Waals surface area contributed by atoms with Crippen molar-refractivity contribution in [3.63, 3.8) is 0 Å². The summed E-state index contributed by atoms with van der Waals surface area (Å²) in [6, 6.07) is 1.65. The molecule has 1 aromatic heterocycles. The van der Waals surface area contributed by atoms with Crippen molar-refractivity contribution in [3.8, 4) is 0 Å². The molecule has 18 heavy (non-hydrogen) atoms. The molecule has 0 bridgehead atoms. The first-order valence-electron chi connectivity index (χ1n) is 6.10. The molecule has 0 spiro atoms. The van der Waals surface area contributed by atoms with Gasteiger partial charge in [-0.15, -0.1) is 11.6 Å². The summed E-state index contributed by atoms with van der Waals surface area (Å²) in [5.74, 6) is 1.09. The third kappa shape index (κ3) is 2.44. The van der Waals surface area contributed by atoms with E-state index in [4.69, 9.17) is 16.0 Å². The van der Waals surface area contributed by atoms with Gasteiger partial charge >= 0.3 is 0 Å². The van der Waals surface area contributed by atoms with Gasteiger partial charge in [0.05, 0.1) is 5.88 Å². The van der Waals surface area contributed by atoms with E-state index >= 15 is 0 Å². The van der Waals surface area contributed by atoms with Gasteiger partial charge in [-0.25, -0.2) is 8.42 Å². The molecule has 0 unspecified atom stereocenters. The van der Waals surface area contributed by atoms with Crippen LogP contribution in [0.15, 0.2) is 15.4 Å². The summed E-state index contributed by atoms with van der Waals surface area (Å²) in [4.78, 5) is 0.243. The monoisotopic (exact) mass is 291 g/mol. The molecular weight excluding hydrogens is 274 g/mol. The minimum absolute atomic E-state index is 0.115. The van der Waals surface area contributed by atoms with Gasteiger partial charge in [-0.05, 0) is 19.8 Å². The number of furan rings is 1. The minimum Gasteiger partial charge on any atom is -0.464 e. The Morgan fingerprint density at radius 3 is 2.56 bits per heavy atom. The maximum Gasteiger partial charge on any atom is 0.246 e. The number of hydrogen-bond acceptors (Lipinski definition) is 3. The Kier molecular flexibility index (Phi) is 4.04. The van der Waals surface area contributed by atoms with E-state index in [0.29, 0.717) is 11.5 Å². The maximum absolute atomic E-state index is 12.5. The molecular formula is C12H18ClNO3S. The van der Waals surface area contributed by atoms with Crippen LogP contribution in [0.3, 0.4) is 0 Å². The number of hydrogen-bond donors (Lipinski definition) is 0. The number of halogens is 1. The van der Waals surface area contributed by atoms with E-state index < -0.39 is 10.0 Å². The van der Waals surface area contributed by atoms with Crippen molar-refractivity contribution in [2.24, 2.45) is 0 Å². The largest absolute Gasteiger partial charge is 0.464 e. The highest BCUT2D eigenvalue weighted by Gasteiger charge is 2.32. The van der Waals surface area contributed by atoms with Gasteiger partial charge < -0.3 is 4.42 Å². The average Bonchev–Trinajstić information content (AvgIpc) is 2.96. The third-order valence-electron chi connectivity index (χ3n) is 3.55. The topological polar surface area (TPSA) is 50.5 Å². The van der Waals surface area contributed by atoms with E-state index in [1.807, 2.05) is 0 Å². The fourth-order valence-electron chi connectivity index (χ4n) is 2.47. The molecule has 0 radical (unpaired) electrons. The van der Waals surface area contributed by atoms with Gasteiger partial charge in [0.2, 0.25) is 10.0 Å². The zero-order valence-electron chi connectivity index (χ0n) is 10.6. The maximum atomic E-state index is 12.5. The molecule has 1 aliphatic rings. The average molecular weight is 292 g/mol. The molecule has 102 valence electrons. The molecule has 0 saturated heterocycles. The zero-order chi connectivity index (χ0) is 13.3. The molecule has 0 aliphatic heterocycles. The predicted molar refractivity (Wildman–Crippen MR) is 70.2 cm³/mol. The van der Waals surface area contributed by atoms with Crippen molar-refractivity contribution in [2.75, 3.05) is 7.05 Å². The molecule has 1 fully saturated rings. The van der Waals surface area contributed by atoms with Crippen LogP contribution in [0.4, 0.5) is 0 Å². The fraction of sp³-hybridized carbons (Fsp3) is 0.667. The summed E-state index contributed by atoms with van der Waals surface area (Å²) < 4.78 is 31.8. The molecule has 1 aliphatic carbocycles. The Balaban J connectivity index is 2.31. The SMILES string of the molecule is Cc1oc(CCl)cc1S(=O)(=O)N(C)C1CCCC1. The van der Waals surface area contributed by atoms with Gasteiger partial charge in [-0.2, -0.15) is 4.31 Å². The van der Waals surface area contributed by atoms with E-state index in [9.17, 15) is 8.42 Å². The smallest absolute Gasteiger partial charge is 0.246 e. The first-order valence-corrected chi connectivity index (χ1v) is 8.07. The van der Waals surface area contributed by atoms with Crippen LogP contribution < -0.4 is 0 Å². The second-order valence-corrected chi connectivity index (χ2v) is 6.96. The van der Waals surface area contributed by atoms with Crippen molar-refractivity contribution < 1.29 is 12.8 Å². The van der Waals surface area contributed by atoms with Gasteiger partial charge in [0.25, 0.3) is 0 Å². The third-order valence-corrected chi connectivity index (χ3v) is 5.83. The van der Waals surface area contributed by atoms with Gasteiger partial charge in [0.1, 0.15) is 16.4 Å². The highest BCUT2D eigenvalue weighted by molar-refractivity contribution is 7.89. The van der Waals surface area contributed by atoms with Crippen LogP contribution in [0, 0.1) is 6.92 Å². The molecule has 0 amide bonds. The summed E-state index contributed by atoms with van der Waals surface area (Å²) >= 11 is 5.67. The highest BCUT2D eigenvalue weighted by atomic mass is 35.5. The highest BCUT2D eigenvalue weighted by Crippen LogP contribution is 2.30. The summed E-state index contributed by atoms with van der Waals surface area (Å²) in [7, 11) is -1.81. The van der Waals surface area contributed by atoms with Crippen molar-refractivity contribution in [1.82, 2.24) is 4.31 Å². The molecule has 1 saturated carbocycles. The number of rotatable bonds is 4. The lowest BCUT2D eigenvalue weighted by Gasteiger charge is -2.23. The molecule has 1 heterocycles. The summed E-state index contributed by atoms with van der Waals surface area (Å²) in [5, 5.41) is 0.